The summed E-state index contributed by atoms with van der Waals surface area (Å²) in [6, 6.07) is 5.94. The lowest BCUT2D eigenvalue weighted by Crippen LogP contribution is -2.50. The molecule has 134 valence electrons. The van der Waals surface area contributed by atoms with Crippen LogP contribution in [0.1, 0.15) is 24.5 Å². The maximum absolute atomic E-state index is 12.6. The lowest BCUT2D eigenvalue weighted by molar-refractivity contribution is -0.139. The molecule has 6 heteroatoms. The van der Waals surface area contributed by atoms with E-state index in [1.54, 1.807) is 16.7 Å². The fraction of sp³-hybridized carbons (Fsp3) is 0.526. The standard InChI is InChI=1S/C19H25N3O3/c1-12-4-5-13(2)17(10-12)20-18(24)15-11-16(15)19(25)22-8-6-21(7-9-22)14(3)23/h4-5,10,15-16H,6-9,11H2,1-3H3,(H,20,24). The molecule has 2 aliphatic rings. The highest BCUT2D eigenvalue weighted by atomic mass is 16.2. The van der Waals surface area contributed by atoms with Gasteiger partial charge in [-0.15, -0.1) is 0 Å². The zero-order valence-electron chi connectivity index (χ0n) is 15.0. The van der Waals surface area contributed by atoms with Crippen LogP contribution in [0.5, 0.6) is 0 Å². The minimum absolute atomic E-state index is 0.0456. The minimum Gasteiger partial charge on any atom is -0.339 e. The summed E-state index contributed by atoms with van der Waals surface area (Å²) in [6.07, 6.45) is 0.614. The third-order valence-corrected chi connectivity index (χ3v) is 5.13. The van der Waals surface area contributed by atoms with E-state index in [-0.39, 0.29) is 29.6 Å². The molecule has 2 unspecified atom stereocenters. The molecule has 1 saturated carbocycles. The average molecular weight is 343 g/mol. The number of benzene rings is 1. The maximum Gasteiger partial charge on any atom is 0.228 e. The molecule has 1 saturated heterocycles. The van der Waals surface area contributed by atoms with Crippen molar-refractivity contribution in [2.75, 3.05) is 31.5 Å². The van der Waals surface area contributed by atoms with Crippen molar-refractivity contribution in [1.82, 2.24) is 9.80 Å². The normalized spacial score (nSPS) is 22.5. The van der Waals surface area contributed by atoms with Gasteiger partial charge in [-0.1, -0.05) is 12.1 Å². The number of nitrogens with one attached hydrogen (secondary N) is 1. The molecule has 3 amide bonds. The van der Waals surface area contributed by atoms with Crippen LogP contribution in [0, 0.1) is 25.7 Å². The van der Waals surface area contributed by atoms with Gasteiger partial charge in [-0.25, -0.2) is 0 Å². The number of carbonyl (C=O) groups is 3. The first kappa shape index (κ1) is 17.5. The third kappa shape index (κ3) is 3.83. The minimum atomic E-state index is -0.238. The Morgan fingerprint density at radius 1 is 1.00 bits per heavy atom. The molecule has 0 spiro atoms. The van der Waals surface area contributed by atoms with E-state index in [1.807, 2.05) is 32.0 Å². The molecule has 0 aromatic heterocycles. The summed E-state index contributed by atoms with van der Waals surface area (Å²) in [7, 11) is 0. The zero-order chi connectivity index (χ0) is 18.1. The Kier molecular flexibility index (Phi) is 4.79. The monoisotopic (exact) mass is 343 g/mol. The van der Waals surface area contributed by atoms with Gasteiger partial charge in [0.05, 0.1) is 11.8 Å². The highest BCUT2D eigenvalue weighted by Gasteiger charge is 2.49. The third-order valence-electron chi connectivity index (χ3n) is 5.13. The summed E-state index contributed by atoms with van der Waals surface area (Å²) in [5.41, 5.74) is 2.92. The summed E-state index contributed by atoms with van der Waals surface area (Å²) in [4.78, 5) is 39.9. The van der Waals surface area contributed by atoms with Crippen LogP contribution in [0.3, 0.4) is 0 Å². The Morgan fingerprint density at radius 3 is 2.28 bits per heavy atom. The molecule has 25 heavy (non-hydrogen) atoms. The SMILES string of the molecule is CC(=O)N1CCN(C(=O)C2CC2C(=O)Nc2cc(C)ccc2C)CC1. The summed E-state index contributed by atoms with van der Waals surface area (Å²) < 4.78 is 0. The first-order valence-electron chi connectivity index (χ1n) is 8.79. The van der Waals surface area contributed by atoms with Gasteiger partial charge in [-0.2, -0.15) is 0 Å². The number of carbonyl (C=O) groups excluding carboxylic acids is 3. The van der Waals surface area contributed by atoms with Gasteiger partial charge < -0.3 is 15.1 Å². The number of nitrogens with zero attached hydrogens (tertiary/aromatic N) is 2. The number of rotatable bonds is 3. The van der Waals surface area contributed by atoms with E-state index in [4.69, 9.17) is 0 Å². The van der Waals surface area contributed by atoms with E-state index in [0.29, 0.717) is 32.6 Å². The van der Waals surface area contributed by atoms with E-state index >= 15 is 0 Å². The number of amides is 3. The first-order valence-corrected chi connectivity index (χ1v) is 8.79. The molecule has 2 fully saturated rings. The van der Waals surface area contributed by atoms with Crippen LogP contribution in [-0.2, 0) is 14.4 Å². The van der Waals surface area contributed by atoms with Crippen LogP contribution in [0.15, 0.2) is 18.2 Å². The summed E-state index contributed by atoms with van der Waals surface area (Å²) in [6.45, 7) is 7.76. The lowest BCUT2D eigenvalue weighted by atomic mass is 10.1. The summed E-state index contributed by atoms with van der Waals surface area (Å²) in [5, 5.41) is 2.96. The van der Waals surface area contributed by atoms with Crippen molar-refractivity contribution in [2.45, 2.75) is 27.2 Å². The second kappa shape index (κ2) is 6.86. The predicted molar refractivity (Wildman–Crippen MR) is 95.0 cm³/mol. The molecule has 1 aliphatic carbocycles. The molecular weight excluding hydrogens is 318 g/mol. The molecule has 6 nitrogen and oxygen atoms in total. The average Bonchev–Trinajstić information content (AvgIpc) is 3.38. The van der Waals surface area contributed by atoms with Crippen molar-refractivity contribution >= 4 is 23.4 Å². The van der Waals surface area contributed by atoms with E-state index < -0.39 is 0 Å². The van der Waals surface area contributed by atoms with Crippen LogP contribution in [0.25, 0.3) is 0 Å². The highest BCUT2D eigenvalue weighted by molar-refractivity contribution is 6.00. The van der Waals surface area contributed by atoms with Gasteiger partial charge in [0.25, 0.3) is 0 Å². The van der Waals surface area contributed by atoms with Crippen molar-refractivity contribution in [1.29, 1.82) is 0 Å². The molecule has 0 bridgehead atoms. The van der Waals surface area contributed by atoms with Crippen molar-refractivity contribution in [3.05, 3.63) is 29.3 Å². The largest absolute Gasteiger partial charge is 0.339 e. The molecule has 1 aromatic carbocycles. The summed E-state index contributed by atoms with van der Waals surface area (Å²) in [5.74, 6) is -0.435. The number of anilines is 1. The topological polar surface area (TPSA) is 69.7 Å². The lowest BCUT2D eigenvalue weighted by Gasteiger charge is -2.34. The fourth-order valence-electron chi connectivity index (χ4n) is 3.33. The van der Waals surface area contributed by atoms with Gasteiger partial charge in [0.1, 0.15) is 0 Å². The van der Waals surface area contributed by atoms with Gasteiger partial charge in [0.15, 0.2) is 0 Å². The predicted octanol–water partition coefficient (Wildman–Crippen LogP) is 1.57. The molecule has 1 aliphatic heterocycles. The quantitative estimate of drug-likeness (QED) is 0.906. The van der Waals surface area contributed by atoms with Gasteiger partial charge in [0, 0.05) is 38.8 Å². The fourth-order valence-corrected chi connectivity index (χ4v) is 3.33. The first-order chi connectivity index (χ1) is 11.9. The van der Waals surface area contributed by atoms with E-state index in [1.165, 1.54) is 0 Å². The van der Waals surface area contributed by atoms with Crippen molar-refractivity contribution in [2.24, 2.45) is 11.8 Å². The smallest absolute Gasteiger partial charge is 0.228 e. The van der Waals surface area contributed by atoms with Crippen LogP contribution in [0.2, 0.25) is 0 Å². The summed E-state index contributed by atoms with van der Waals surface area (Å²) >= 11 is 0. The molecule has 1 N–H and O–H groups in total. The maximum atomic E-state index is 12.6. The van der Waals surface area contributed by atoms with Gasteiger partial charge >= 0.3 is 0 Å². The molecule has 1 heterocycles. The Bertz CT molecular complexity index is 708. The molecule has 3 rings (SSSR count). The van der Waals surface area contributed by atoms with E-state index in [0.717, 1.165) is 16.8 Å². The van der Waals surface area contributed by atoms with Gasteiger partial charge in [-0.05, 0) is 37.5 Å². The van der Waals surface area contributed by atoms with Crippen LogP contribution >= 0.6 is 0 Å². The number of aryl methyl sites for hydroxylation is 2. The van der Waals surface area contributed by atoms with E-state index in [9.17, 15) is 14.4 Å². The Labute approximate surface area is 148 Å². The number of hydrogen-bond acceptors (Lipinski definition) is 3. The zero-order valence-corrected chi connectivity index (χ0v) is 15.0. The molecule has 2 atom stereocenters. The second-order valence-electron chi connectivity index (χ2n) is 7.09. The van der Waals surface area contributed by atoms with Crippen LogP contribution in [0.4, 0.5) is 5.69 Å². The second-order valence-corrected chi connectivity index (χ2v) is 7.09. The van der Waals surface area contributed by atoms with Gasteiger partial charge in [-0.3, -0.25) is 14.4 Å². The van der Waals surface area contributed by atoms with E-state index in [2.05, 4.69) is 5.32 Å². The molecule has 0 radical (unpaired) electrons. The highest BCUT2D eigenvalue weighted by Crippen LogP contribution is 2.41. The Morgan fingerprint density at radius 2 is 1.64 bits per heavy atom. The van der Waals surface area contributed by atoms with Crippen molar-refractivity contribution in [3.63, 3.8) is 0 Å². The Balaban J connectivity index is 1.53. The molecule has 1 aromatic rings. The van der Waals surface area contributed by atoms with Crippen molar-refractivity contribution < 1.29 is 14.4 Å². The molecular formula is C19H25N3O3. The number of hydrogen-bond donors (Lipinski definition) is 1. The Hall–Kier alpha value is -2.37. The van der Waals surface area contributed by atoms with Crippen LogP contribution < -0.4 is 5.32 Å². The number of piperazine rings is 1. The van der Waals surface area contributed by atoms with Crippen molar-refractivity contribution in [3.8, 4) is 0 Å². The van der Waals surface area contributed by atoms with Crippen LogP contribution in [-0.4, -0.2) is 53.7 Å². The van der Waals surface area contributed by atoms with Gasteiger partial charge in [0.2, 0.25) is 17.7 Å².